The zero-order valence-electron chi connectivity index (χ0n) is 20.2. The summed E-state index contributed by atoms with van der Waals surface area (Å²) in [6, 6.07) is 13.4. The van der Waals surface area contributed by atoms with Crippen LogP contribution in [0, 0.1) is 5.82 Å². The number of aromatic nitrogens is 2. The summed E-state index contributed by atoms with van der Waals surface area (Å²) >= 11 is 1.65. The molecule has 0 saturated heterocycles. The van der Waals surface area contributed by atoms with Gasteiger partial charge in [0.25, 0.3) is 5.89 Å². The van der Waals surface area contributed by atoms with Crippen molar-refractivity contribution in [2.24, 2.45) is 0 Å². The van der Waals surface area contributed by atoms with Crippen LogP contribution in [-0.4, -0.2) is 46.6 Å². The maximum Gasteiger partial charge on any atom is 0.322 e. The number of allylic oxidation sites excluding steroid dienone is 1. The van der Waals surface area contributed by atoms with E-state index in [-0.39, 0.29) is 29.7 Å². The monoisotopic (exact) mass is 496 g/mol. The average Bonchev–Trinajstić information content (AvgIpc) is 3.33. The number of urea groups is 1. The highest BCUT2D eigenvalue weighted by Gasteiger charge is 2.35. The Morgan fingerprint density at radius 2 is 2.00 bits per heavy atom. The molecule has 1 aliphatic rings. The van der Waals surface area contributed by atoms with Crippen LogP contribution in [0.3, 0.4) is 0 Å². The Hall–Kier alpha value is -3.17. The Kier molecular flexibility index (Phi) is 7.87. The average molecular weight is 497 g/mol. The SMILES string of the molecule is CSc1ccc(C2NC(=O)N(CCCOC(C)C)C(C)=C2c2nc(-c3cccc(F)c3)no2)cc1. The van der Waals surface area contributed by atoms with Crippen LogP contribution in [0.1, 0.15) is 44.7 Å². The van der Waals surface area contributed by atoms with Gasteiger partial charge >= 0.3 is 6.03 Å². The van der Waals surface area contributed by atoms with Gasteiger partial charge in [0.15, 0.2) is 0 Å². The largest absolute Gasteiger partial charge is 0.379 e. The molecular weight excluding hydrogens is 467 g/mol. The third-order valence-electron chi connectivity index (χ3n) is 5.76. The van der Waals surface area contributed by atoms with E-state index in [1.807, 2.05) is 51.3 Å². The summed E-state index contributed by atoms with van der Waals surface area (Å²) in [6.45, 7) is 6.88. The second-order valence-electron chi connectivity index (χ2n) is 8.51. The highest BCUT2D eigenvalue weighted by atomic mass is 32.2. The standard InChI is InChI=1S/C26H29FN4O3S/c1-16(2)33-14-6-13-31-17(3)22(23(28-26(31)32)18-9-11-21(35-4)12-10-18)25-29-24(30-34-25)19-7-5-8-20(27)15-19/h5,7-12,15-16,23H,6,13-14H2,1-4H3,(H,28,32). The fourth-order valence-corrected chi connectivity index (χ4v) is 4.40. The van der Waals surface area contributed by atoms with Crippen molar-refractivity contribution < 1.29 is 18.4 Å². The van der Waals surface area contributed by atoms with Crippen molar-refractivity contribution in [2.45, 2.75) is 44.2 Å². The van der Waals surface area contributed by atoms with Crippen LogP contribution in [0.4, 0.5) is 9.18 Å². The number of hydrogen-bond acceptors (Lipinski definition) is 6. The van der Waals surface area contributed by atoms with Crippen LogP contribution in [0.25, 0.3) is 17.0 Å². The zero-order chi connectivity index (χ0) is 24.9. The number of thioether (sulfide) groups is 1. The molecule has 0 bridgehead atoms. The lowest BCUT2D eigenvalue weighted by molar-refractivity contribution is 0.0736. The molecule has 1 atom stereocenters. The first kappa shape index (κ1) is 24.9. The molecule has 1 aliphatic heterocycles. The van der Waals surface area contributed by atoms with Gasteiger partial charge < -0.3 is 14.6 Å². The van der Waals surface area contributed by atoms with E-state index in [0.717, 1.165) is 16.2 Å². The van der Waals surface area contributed by atoms with Crippen LogP contribution in [0.15, 0.2) is 63.6 Å². The maximum absolute atomic E-state index is 13.8. The van der Waals surface area contributed by atoms with Gasteiger partial charge in [0, 0.05) is 29.3 Å². The van der Waals surface area contributed by atoms with E-state index in [1.165, 1.54) is 12.1 Å². The van der Waals surface area contributed by atoms with Crippen LogP contribution in [-0.2, 0) is 4.74 Å². The van der Waals surface area contributed by atoms with Crippen LogP contribution >= 0.6 is 11.8 Å². The van der Waals surface area contributed by atoms with Gasteiger partial charge in [-0.1, -0.05) is 29.4 Å². The highest BCUT2D eigenvalue weighted by molar-refractivity contribution is 7.98. The lowest BCUT2D eigenvalue weighted by Gasteiger charge is -2.35. The molecule has 184 valence electrons. The summed E-state index contributed by atoms with van der Waals surface area (Å²) < 4.78 is 25.1. The molecule has 35 heavy (non-hydrogen) atoms. The lowest BCUT2D eigenvalue weighted by atomic mass is 9.94. The first-order valence-electron chi connectivity index (χ1n) is 11.5. The van der Waals surface area contributed by atoms with E-state index in [1.54, 1.807) is 28.8 Å². The minimum Gasteiger partial charge on any atom is -0.379 e. The van der Waals surface area contributed by atoms with E-state index >= 15 is 0 Å². The summed E-state index contributed by atoms with van der Waals surface area (Å²) in [5.41, 5.74) is 2.86. The topological polar surface area (TPSA) is 80.5 Å². The van der Waals surface area contributed by atoms with E-state index < -0.39 is 6.04 Å². The van der Waals surface area contributed by atoms with Crippen LogP contribution in [0.5, 0.6) is 0 Å². The molecule has 1 N–H and O–H groups in total. The number of halogens is 1. The first-order valence-corrected chi connectivity index (χ1v) is 12.7. The van der Waals surface area contributed by atoms with E-state index in [2.05, 4.69) is 15.5 Å². The number of nitrogens with zero attached hydrogens (tertiary/aromatic N) is 3. The summed E-state index contributed by atoms with van der Waals surface area (Å²) in [4.78, 5) is 20.5. The smallest absolute Gasteiger partial charge is 0.322 e. The summed E-state index contributed by atoms with van der Waals surface area (Å²) in [6.07, 6.45) is 2.83. The van der Waals surface area contributed by atoms with Crippen LogP contribution < -0.4 is 5.32 Å². The van der Waals surface area contributed by atoms with Gasteiger partial charge in [0.2, 0.25) is 5.82 Å². The Labute approximate surface area is 208 Å². The normalized spacial score (nSPS) is 16.2. The Morgan fingerprint density at radius 1 is 1.23 bits per heavy atom. The molecule has 1 aromatic heterocycles. The molecule has 2 amide bonds. The number of carbonyl (C=O) groups excluding carboxylic acids is 1. The van der Waals surface area contributed by atoms with Crippen molar-refractivity contribution >= 4 is 23.4 Å². The summed E-state index contributed by atoms with van der Waals surface area (Å²) in [5, 5.41) is 7.19. The second kappa shape index (κ2) is 11.0. The highest BCUT2D eigenvalue weighted by Crippen LogP contribution is 2.37. The molecular formula is C26H29FN4O3S. The van der Waals surface area contributed by atoms with Gasteiger partial charge in [0.05, 0.1) is 17.7 Å². The minimum atomic E-state index is -0.470. The molecule has 9 heteroatoms. The van der Waals surface area contributed by atoms with Crippen LogP contribution in [0.2, 0.25) is 0 Å². The fraction of sp³-hybridized carbons (Fsp3) is 0.346. The van der Waals surface area contributed by atoms with Gasteiger partial charge in [-0.05, 0) is 63.3 Å². The predicted octanol–water partition coefficient (Wildman–Crippen LogP) is 5.91. The van der Waals surface area contributed by atoms with Crippen molar-refractivity contribution in [2.75, 3.05) is 19.4 Å². The van der Waals surface area contributed by atoms with Crippen molar-refractivity contribution in [1.82, 2.24) is 20.4 Å². The molecule has 0 fully saturated rings. The van der Waals surface area contributed by atoms with Crippen molar-refractivity contribution in [1.29, 1.82) is 0 Å². The van der Waals surface area contributed by atoms with Gasteiger partial charge in [0.1, 0.15) is 5.82 Å². The summed E-state index contributed by atoms with van der Waals surface area (Å²) in [7, 11) is 0. The number of ether oxygens (including phenoxy) is 1. The Balaban J connectivity index is 1.71. The number of rotatable bonds is 9. The van der Waals surface area contributed by atoms with Gasteiger partial charge in [-0.25, -0.2) is 9.18 Å². The maximum atomic E-state index is 13.8. The molecule has 0 saturated carbocycles. The molecule has 0 radical (unpaired) electrons. The molecule has 7 nitrogen and oxygen atoms in total. The third kappa shape index (κ3) is 5.74. The number of amides is 2. The van der Waals surface area contributed by atoms with E-state index in [0.29, 0.717) is 30.7 Å². The Bertz CT molecular complexity index is 1210. The molecule has 2 aromatic carbocycles. The molecule has 1 unspecified atom stereocenters. The van der Waals surface area contributed by atoms with Crippen molar-refractivity contribution in [3.63, 3.8) is 0 Å². The molecule has 4 rings (SSSR count). The zero-order valence-corrected chi connectivity index (χ0v) is 21.1. The predicted molar refractivity (Wildman–Crippen MR) is 134 cm³/mol. The lowest BCUT2D eigenvalue weighted by Crippen LogP contribution is -2.46. The summed E-state index contributed by atoms with van der Waals surface area (Å²) in [5.74, 6) is 0.185. The molecule has 0 aliphatic carbocycles. The van der Waals surface area contributed by atoms with Crippen molar-refractivity contribution in [3.8, 4) is 11.4 Å². The second-order valence-corrected chi connectivity index (χ2v) is 9.39. The molecule has 2 heterocycles. The first-order chi connectivity index (χ1) is 16.9. The third-order valence-corrected chi connectivity index (χ3v) is 6.51. The molecule has 3 aromatic rings. The fourth-order valence-electron chi connectivity index (χ4n) is 3.99. The number of carbonyl (C=O) groups is 1. The minimum absolute atomic E-state index is 0.130. The van der Waals surface area contributed by atoms with Gasteiger partial charge in [-0.3, -0.25) is 4.90 Å². The van der Waals surface area contributed by atoms with Gasteiger partial charge in [-0.2, -0.15) is 4.98 Å². The van der Waals surface area contributed by atoms with E-state index in [4.69, 9.17) is 9.26 Å². The Morgan fingerprint density at radius 3 is 2.69 bits per heavy atom. The number of benzene rings is 2. The number of nitrogens with one attached hydrogen (secondary N) is 1. The quantitative estimate of drug-likeness (QED) is 0.293. The molecule has 0 spiro atoms. The number of hydrogen-bond donors (Lipinski definition) is 1. The van der Waals surface area contributed by atoms with Gasteiger partial charge in [-0.15, -0.1) is 11.8 Å². The van der Waals surface area contributed by atoms with E-state index in [9.17, 15) is 9.18 Å². The van der Waals surface area contributed by atoms with Crippen molar-refractivity contribution in [3.05, 3.63) is 71.5 Å².